The molecule has 4 aromatic rings. The maximum Gasteiger partial charge on any atom is 0.240 e. The molecule has 0 radical (unpaired) electrons. The van der Waals surface area contributed by atoms with E-state index in [9.17, 15) is 4.79 Å². The standard InChI is InChI=1S/C24H20ClN5O2S/c1-32-17-13-11-15(12-14-17)20-21(23(31)26-19-10-6-5-9-18(19)25)33-24-28-27-22(30(24)29-20)16-7-3-2-4-8-16/h2-14,20-21,29H,1H3,(H,26,31)/t20-,21+/m1/s1. The highest BCUT2D eigenvalue weighted by molar-refractivity contribution is 8.00. The average Bonchev–Trinajstić information content (AvgIpc) is 3.28. The molecule has 1 amide bonds. The fourth-order valence-corrected chi connectivity index (χ4v) is 4.92. The number of nitrogens with zero attached hydrogens (tertiary/aromatic N) is 3. The number of carbonyl (C=O) groups excluding carboxylic acids is 1. The third-order valence-electron chi connectivity index (χ3n) is 5.33. The largest absolute Gasteiger partial charge is 0.497 e. The van der Waals surface area contributed by atoms with Gasteiger partial charge in [-0.25, -0.2) is 4.68 Å². The van der Waals surface area contributed by atoms with Gasteiger partial charge in [-0.2, -0.15) is 0 Å². The van der Waals surface area contributed by atoms with E-state index in [0.717, 1.165) is 16.9 Å². The second kappa shape index (κ2) is 9.17. The van der Waals surface area contributed by atoms with E-state index in [1.807, 2.05) is 71.4 Å². The predicted octanol–water partition coefficient (Wildman–Crippen LogP) is 5.00. The van der Waals surface area contributed by atoms with Crippen molar-refractivity contribution in [2.24, 2.45) is 0 Å². The van der Waals surface area contributed by atoms with Gasteiger partial charge >= 0.3 is 0 Å². The lowest BCUT2D eigenvalue weighted by Gasteiger charge is -2.33. The first-order chi connectivity index (χ1) is 16.1. The first kappa shape index (κ1) is 21.4. The van der Waals surface area contributed by atoms with Crippen LogP contribution in [0.15, 0.2) is 84.0 Å². The van der Waals surface area contributed by atoms with Crippen LogP contribution in [0.2, 0.25) is 5.02 Å². The van der Waals surface area contributed by atoms with E-state index in [1.165, 1.54) is 11.8 Å². The number of methoxy groups -OCH3 is 1. The Balaban J connectivity index is 1.52. The van der Waals surface area contributed by atoms with E-state index < -0.39 is 5.25 Å². The molecule has 1 aromatic heterocycles. The highest BCUT2D eigenvalue weighted by Gasteiger charge is 2.38. The lowest BCUT2D eigenvalue weighted by molar-refractivity contribution is -0.116. The minimum atomic E-state index is -0.519. The quantitative estimate of drug-likeness (QED) is 0.421. The lowest BCUT2D eigenvalue weighted by atomic mass is 10.0. The van der Waals surface area contributed by atoms with E-state index in [2.05, 4.69) is 20.9 Å². The van der Waals surface area contributed by atoms with Gasteiger partial charge < -0.3 is 15.5 Å². The first-order valence-corrected chi connectivity index (χ1v) is 11.5. The van der Waals surface area contributed by atoms with Gasteiger partial charge in [0, 0.05) is 5.56 Å². The average molecular weight is 478 g/mol. The van der Waals surface area contributed by atoms with Crippen molar-refractivity contribution in [3.05, 3.63) is 89.4 Å². The second-order valence-electron chi connectivity index (χ2n) is 7.40. The Hall–Kier alpha value is -3.49. The molecule has 0 bridgehead atoms. The molecule has 2 heterocycles. The number of anilines is 1. The number of para-hydroxylation sites is 1. The van der Waals surface area contributed by atoms with E-state index in [1.54, 1.807) is 19.2 Å². The summed E-state index contributed by atoms with van der Waals surface area (Å²) < 4.78 is 7.14. The Bertz CT molecular complexity index is 1280. The van der Waals surface area contributed by atoms with Crippen molar-refractivity contribution in [1.82, 2.24) is 14.9 Å². The second-order valence-corrected chi connectivity index (χ2v) is 8.91. The number of benzene rings is 3. The number of hydrogen-bond acceptors (Lipinski definition) is 6. The molecule has 0 spiro atoms. The third-order valence-corrected chi connectivity index (χ3v) is 6.88. The molecule has 0 saturated heterocycles. The highest BCUT2D eigenvalue weighted by Crippen LogP contribution is 2.39. The van der Waals surface area contributed by atoms with Crippen molar-refractivity contribution >= 4 is 35.0 Å². The molecule has 166 valence electrons. The molecule has 0 saturated carbocycles. The minimum absolute atomic E-state index is 0.183. The van der Waals surface area contributed by atoms with E-state index in [-0.39, 0.29) is 11.9 Å². The summed E-state index contributed by atoms with van der Waals surface area (Å²) in [6, 6.07) is 24.3. The summed E-state index contributed by atoms with van der Waals surface area (Å²) in [6.07, 6.45) is 0. The van der Waals surface area contributed by atoms with Gasteiger partial charge in [0.05, 0.1) is 23.9 Å². The van der Waals surface area contributed by atoms with Crippen molar-refractivity contribution in [3.8, 4) is 17.1 Å². The van der Waals surface area contributed by atoms with Gasteiger partial charge in [-0.15, -0.1) is 10.2 Å². The Morgan fingerprint density at radius 2 is 1.76 bits per heavy atom. The van der Waals surface area contributed by atoms with E-state index in [0.29, 0.717) is 21.7 Å². The summed E-state index contributed by atoms with van der Waals surface area (Å²) in [7, 11) is 1.62. The van der Waals surface area contributed by atoms with Crippen LogP contribution in [0.5, 0.6) is 5.75 Å². The van der Waals surface area contributed by atoms with Crippen LogP contribution in [0.1, 0.15) is 11.6 Å². The van der Waals surface area contributed by atoms with Gasteiger partial charge in [0.15, 0.2) is 5.82 Å². The lowest BCUT2D eigenvalue weighted by Crippen LogP contribution is -2.41. The molecule has 1 aliphatic rings. The monoisotopic (exact) mass is 477 g/mol. The molecule has 0 fully saturated rings. The zero-order valence-electron chi connectivity index (χ0n) is 17.6. The summed E-state index contributed by atoms with van der Waals surface area (Å²) in [5, 5.41) is 12.2. The van der Waals surface area contributed by atoms with Gasteiger partial charge in [0.2, 0.25) is 11.1 Å². The molecule has 0 aliphatic carbocycles. The molecular formula is C24H20ClN5O2S. The third kappa shape index (κ3) is 4.27. The van der Waals surface area contributed by atoms with Crippen LogP contribution in [-0.4, -0.2) is 33.1 Å². The zero-order valence-corrected chi connectivity index (χ0v) is 19.2. The number of thioether (sulfide) groups is 1. The Morgan fingerprint density at radius 3 is 2.48 bits per heavy atom. The Labute approximate surface area is 200 Å². The number of fused-ring (bicyclic) bond motifs is 1. The first-order valence-electron chi connectivity index (χ1n) is 10.3. The number of amides is 1. The van der Waals surface area contributed by atoms with Gasteiger partial charge in [-0.3, -0.25) is 4.79 Å². The molecule has 9 heteroatoms. The summed E-state index contributed by atoms with van der Waals surface area (Å²) in [6.45, 7) is 0. The minimum Gasteiger partial charge on any atom is -0.497 e. The highest BCUT2D eigenvalue weighted by atomic mass is 35.5. The van der Waals surface area contributed by atoms with Crippen LogP contribution < -0.4 is 15.5 Å². The fourth-order valence-electron chi connectivity index (χ4n) is 3.66. The summed E-state index contributed by atoms with van der Waals surface area (Å²) in [4.78, 5) is 13.4. The van der Waals surface area contributed by atoms with Crippen LogP contribution in [0.3, 0.4) is 0 Å². The van der Waals surface area contributed by atoms with Crippen LogP contribution in [-0.2, 0) is 4.79 Å². The summed E-state index contributed by atoms with van der Waals surface area (Å²) in [5.41, 5.74) is 5.89. The van der Waals surface area contributed by atoms with Gasteiger partial charge in [-0.1, -0.05) is 78.0 Å². The Morgan fingerprint density at radius 1 is 1.03 bits per heavy atom. The smallest absolute Gasteiger partial charge is 0.240 e. The van der Waals surface area contributed by atoms with Gasteiger partial charge in [-0.05, 0) is 29.8 Å². The van der Waals surface area contributed by atoms with Crippen molar-refractivity contribution in [2.75, 3.05) is 17.9 Å². The number of nitrogens with one attached hydrogen (secondary N) is 2. The molecule has 1 aliphatic heterocycles. The number of hydrogen-bond donors (Lipinski definition) is 2. The summed E-state index contributed by atoms with van der Waals surface area (Å²) in [5.74, 6) is 1.24. The van der Waals surface area contributed by atoms with Gasteiger partial charge in [0.1, 0.15) is 11.0 Å². The van der Waals surface area contributed by atoms with Crippen molar-refractivity contribution in [1.29, 1.82) is 0 Å². The Kier molecular flexibility index (Phi) is 5.93. The number of rotatable bonds is 5. The fraction of sp³-hybridized carbons (Fsp3) is 0.125. The SMILES string of the molecule is COc1ccc([C@H]2Nn3c(nnc3-c3ccccc3)S[C@@H]2C(=O)Nc2ccccc2Cl)cc1. The molecule has 5 rings (SSSR count). The number of ether oxygens (including phenoxy) is 1. The molecule has 2 atom stereocenters. The van der Waals surface area contributed by atoms with Crippen LogP contribution >= 0.6 is 23.4 Å². The normalized spacial score (nSPS) is 17.0. The number of halogens is 1. The van der Waals surface area contributed by atoms with E-state index >= 15 is 0 Å². The maximum absolute atomic E-state index is 13.4. The number of carbonyl (C=O) groups is 1. The van der Waals surface area contributed by atoms with Crippen molar-refractivity contribution < 1.29 is 9.53 Å². The van der Waals surface area contributed by atoms with Gasteiger partial charge in [0.25, 0.3) is 0 Å². The van der Waals surface area contributed by atoms with Crippen LogP contribution in [0.4, 0.5) is 5.69 Å². The molecule has 0 unspecified atom stereocenters. The predicted molar refractivity (Wildman–Crippen MR) is 130 cm³/mol. The molecule has 33 heavy (non-hydrogen) atoms. The summed E-state index contributed by atoms with van der Waals surface area (Å²) >= 11 is 7.63. The molecule has 7 nitrogen and oxygen atoms in total. The zero-order chi connectivity index (χ0) is 22.8. The van der Waals surface area contributed by atoms with Crippen LogP contribution in [0.25, 0.3) is 11.4 Å². The molecule has 3 aromatic carbocycles. The molecule has 2 N–H and O–H groups in total. The maximum atomic E-state index is 13.4. The van der Waals surface area contributed by atoms with Crippen molar-refractivity contribution in [2.45, 2.75) is 16.4 Å². The molecular weight excluding hydrogens is 458 g/mol. The number of aromatic nitrogens is 3. The van der Waals surface area contributed by atoms with Crippen molar-refractivity contribution in [3.63, 3.8) is 0 Å². The van der Waals surface area contributed by atoms with Crippen LogP contribution in [0, 0.1) is 0 Å². The topological polar surface area (TPSA) is 81.1 Å². The van der Waals surface area contributed by atoms with E-state index in [4.69, 9.17) is 16.3 Å².